The van der Waals surface area contributed by atoms with Gasteiger partial charge in [0.15, 0.2) is 17.3 Å². The number of fused-ring (bicyclic) bond motifs is 1. The number of carbonyl (C=O) groups is 2. The molecule has 1 atom stereocenters. The highest BCUT2D eigenvalue weighted by Crippen LogP contribution is 2.34. The summed E-state index contributed by atoms with van der Waals surface area (Å²) in [5.74, 6) is 0.980. The van der Waals surface area contributed by atoms with Gasteiger partial charge in [0.05, 0.1) is 0 Å². The molecule has 7 nitrogen and oxygen atoms in total. The minimum absolute atomic E-state index is 0.0409. The number of hydrogen-bond donors (Lipinski definition) is 2. The average Bonchev–Trinajstić information content (AvgIpc) is 3.14. The van der Waals surface area contributed by atoms with Crippen LogP contribution in [0.1, 0.15) is 19.8 Å². The van der Waals surface area contributed by atoms with Crippen molar-refractivity contribution in [1.82, 2.24) is 5.43 Å². The molecule has 0 fully saturated rings. The number of amides is 1. The molecule has 0 saturated carbocycles. The van der Waals surface area contributed by atoms with Crippen LogP contribution in [-0.2, 0) is 9.59 Å². The summed E-state index contributed by atoms with van der Waals surface area (Å²) >= 11 is 0. The van der Waals surface area contributed by atoms with E-state index in [4.69, 9.17) is 9.47 Å². The Balaban J connectivity index is 1.62. The molecule has 7 heteroatoms. The summed E-state index contributed by atoms with van der Waals surface area (Å²) in [6, 6.07) is 4.65. The summed E-state index contributed by atoms with van der Waals surface area (Å²) in [5, 5.41) is 6.69. The fraction of sp³-hybridized carbons (Fsp3) is 0.357. The highest BCUT2D eigenvalue weighted by molar-refractivity contribution is 6.40. The van der Waals surface area contributed by atoms with Crippen LogP contribution in [0.5, 0.6) is 11.5 Å². The maximum Gasteiger partial charge on any atom is 0.248 e. The number of benzene rings is 1. The van der Waals surface area contributed by atoms with Gasteiger partial charge in [0.25, 0.3) is 0 Å². The quantitative estimate of drug-likeness (QED) is 0.865. The smallest absolute Gasteiger partial charge is 0.248 e. The van der Waals surface area contributed by atoms with E-state index in [1.54, 1.807) is 25.1 Å². The Kier molecular flexibility index (Phi) is 3.47. The predicted molar refractivity (Wildman–Crippen MR) is 75.5 cm³/mol. The van der Waals surface area contributed by atoms with Crippen molar-refractivity contribution in [2.24, 2.45) is 5.10 Å². The van der Waals surface area contributed by atoms with Gasteiger partial charge in [-0.15, -0.1) is 0 Å². The molecular weight excluding hydrogens is 274 g/mol. The minimum Gasteiger partial charge on any atom is -0.454 e. The van der Waals surface area contributed by atoms with Gasteiger partial charge in [-0.05, 0) is 12.1 Å². The number of ether oxygens (including phenoxy) is 2. The van der Waals surface area contributed by atoms with Crippen LogP contribution in [0.4, 0.5) is 5.69 Å². The lowest BCUT2D eigenvalue weighted by Gasteiger charge is -2.11. The van der Waals surface area contributed by atoms with Gasteiger partial charge in [-0.3, -0.25) is 15.0 Å². The zero-order chi connectivity index (χ0) is 14.8. The maximum absolute atomic E-state index is 12.1. The van der Waals surface area contributed by atoms with E-state index >= 15 is 0 Å². The van der Waals surface area contributed by atoms with Gasteiger partial charge in [-0.2, -0.15) is 5.10 Å². The molecule has 0 saturated heterocycles. The Hall–Kier alpha value is -2.57. The predicted octanol–water partition coefficient (Wildman–Crippen LogP) is 1.05. The van der Waals surface area contributed by atoms with E-state index < -0.39 is 6.04 Å². The Morgan fingerprint density at radius 3 is 3.00 bits per heavy atom. The number of hydrogen-bond acceptors (Lipinski definition) is 6. The Labute approximate surface area is 121 Å². The molecular formula is C14H15N3O4. The third-order valence-corrected chi connectivity index (χ3v) is 3.35. The normalized spacial score (nSPS) is 18.9. The first kappa shape index (κ1) is 13.4. The van der Waals surface area contributed by atoms with Crippen LogP contribution in [-0.4, -0.2) is 30.2 Å². The van der Waals surface area contributed by atoms with Crippen LogP contribution < -0.4 is 20.2 Å². The van der Waals surface area contributed by atoms with Crippen molar-refractivity contribution in [3.8, 4) is 11.5 Å². The molecule has 2 N–H and O–H groups in total. The summed E-state index contributed by atoms with van der Waals surface area (Å²) < 4.78 is 10.5. The fourth-order valence-electron chi connectivity index (χ4n) is 2.18. The Bertz CT molecular complexity index is 627. The second kappa shape index (κ2) is 5.43. The summed E-state index contributed by atoms with van der Waals surface area (Å²) in [6.45, 7) is 1.96. The molecule has 2 aliphatic rings. The molecule has 3 rings (SSSR count). The van der Waals surface area contributed by atoms with Crippen LogP contribution >= 0.6 is 0 Å². The number of carbonyl (C=O) groups excluding carboxylic acids is 2. The number of hydrazone groups is 1. The number of anilines is 1. The molecule has 110 valence electrons. The van der Waals surface area contributed by atoms with Crippen molar-refractivity contribution < 1.29 is 19.1 Å². The van der Waals surface area contributed by atoms with Gasteiger partial charge in [0.1, 0.15) is 11.8 Å². The first-order chi connectivity index (χ1) is 10.2. The molecule has 0 bridgehead atoms. The van der Waals surface area contributed by atoms with Crippen molar-refractivity contribution >= 4 is 23.1 Å². The van der Waals surface area contributed by atoms with Crippen LogP contribution in [0.2, 0.25) is 0 Å². The van der Waals surface area contributed by atoms with E-state index in [-0.39, 0.29) is 18.5 Å². The maximum atomic E-state index is 12.1. The third kappa shape index (κ3) is 2.67. The highest BCUT2D eigenvalue weighted by atomic mass is 16.7. The van der Waals surface area contributed by atoms with Gasteiger partial charge < -0.3 is 14.8 Å². The van der Waals surface area contributed by atoms with Crippen LogP contribution in [0, 0.1) is 0 Å². The molecule has 1 aromatic rings. The minimum atomic E-state index is -0.527. The van der Waals surface area contributed by atoms with E-state index in [0.29, 0.717) is 35.7 Å². The fourth-order valence-corrected chi connectivity index (χ4v) is 2.18. The Morgan fingerprint density at radius 1 is 1.38 bits per heavy atom. The van der Waals surface area contributed by atoms with Crippen molar-refractivity contribution in [2.75, 3.05) is 12.1 Å². The molecule has 0 radical (unpaired) electrons. The third-order valence-electron chi connectivity index (χ3n) is 3.35. The van der Waals surface area contributed by atoms with Crippen LogP contribution in [0.15, 0.2) is 23.3 Å². The lowest BCUT2D eigenvalue weighted by molar-refractivity contribution is -0.117. The van der Waals surface area contributed by atoms with E-state index in [0.717, 1.165) is 0 Å². The van der Waals surface area contributed by atoms with Crippen molar-refractivity contribution in [2.45, 2.75) is 25.8 Å². The number of Topliss-reactive ketones (excluding diaryl/α,β-unsaturated/α-hetero) is 1. The van der Waals surface area contributed by atoms with Gasteiger partial charge >= 0.3 is 0 Å². The van der Waals surface area contributed by atoms with E-state index in [2.05, 4.69) is 15.8 Å². The summed E-state index contributed by atoms with van der Waals surface area (Å²) in [7, 11) is 0. The first-order valence-electron chi connectivity index (χ1n) is 6.73. The zero-order valence-electron chi connectivity index (χ0n) is 11.5. The zero-order valence-corrected chi connectivity index (χ0v) is 11.5. The second-order valence-electron chi connectivity index (χ2n) is 4.78. The SMILES string of the molecule is CCC(=O)C1=NNC(C(=O)Nc2ccc3c(c2)OCO3)C1. The largest absolute Gasteiger partial charge is 0.454 e. The molecule has 1 amide bonds. The standard InChI is InChI=1S/C14H15N3O4/c1-2-11(18)9-6-10(17-16-9)14(19)15-8-3-4-12-13(5-8)21-7-20-12/h3-5,10,17H,2,6-7H2,1H3,(H,15,19). The molecule has 0 spiro atoms. The monoisotopic (exact) mass is 289 g/mol. The lowest BCUT2D eigenvalue weighted by Crippen LogP contribution is -2.35. The van der Waals surface area contributed by atoms with Gasteiger partial charge in [0, 0.05) is 24.6 Å². The Morgan fingerprint density at radius 2 is 2.19 bits per heavy atom. The number of rotatable bonds is 4. The number of nitrogens with one attached hydrogen (secondary N) is 2. The molecule has 0 aliphatic carbocycles. The van der Waals surface area contributed by atoms with Crippen LogP contribution in [0.25, 0.3) is 0 Å². The topological polar surface area (TPSA) is 89.0 Å². The van der Waals surface area contributed by atoms with E-state index in [1.165, 1.54) is 0 Å². The first-order valence-corrected chi connectivity index (χ1v) is 6.73. The van der Waals surface area contributed by atoms with Crippen molar-refractivity contribution in [1.29, 1.82) is 0 Å². The molecule has 21 heavy (non-hydrogen) atoms. The summed E-state index contributed by atoms with van der Waals surface area (Å²) in [4.78, 5) is 23.7. The highest BCUT2D eigenvalue weighted by Gasteiger charge is 2.28. The molecule has 2 aliphatic heterocycles. The number of ketones is 1. The van der Waals surface area contributed by atoms with E-state index in [1.807, 2.05) is 0 Å². The molecule has 1 aromatic carbocycles. The van der Waals surface area contributed by atoms with E-state index in [9.17, 15) is 9.59 Å². The average molecular weight is 289 g/mol. The summed E-state index contributed by atoms with van der Waals surface area (Å²) in [6.07, 6.45) is 0.695. The van der Waals surface area contributed by atoms with Gasteiger partial charge in [0.2, 0.25) is 12.7 Å². The van der Waals surface area contributed by atoms with Gasteiger partial charge in [-0.25, -0.2) is 0 Å². The molecule has 2 heterocycles. The lowest BCUT2D eigenvalue weighted by atomic mass is 10.1. The van der Waals surface area contributed by atoms with Gasteiger partial charge in [-0.1, -0.05) is 6.92 Å². The van der Waals surface area contributed by atoms with Crippen molar-refractivity contribution in [3.05, 3.63) is 18.2 Å². The summed E-state index contributed by atoms with van der Waals surface area (Å²) in [5.41, 5.74) is 3.73. The number of nitrogens with zero attached hydrogens (tertiary/aromatic N) is 1. The second-order valence-corrected chi connectivity index (χ2v) is 4.78. The molecule has 1 unspecified atom stereocenters. The van der Waals surface area contributed by atoms with Crippen LogP contribution in [0.3, 0.4) is 0 Å². The van der Waals surface area contributed by atoms with Crippen molar-refractivity contribution in [3.63, 3.8) is 0 Å². The molecule has 0 aromatic heterocycles.